The van der Waals surface area contributed by atoms with Gasteiger partial charge in [0.15, 0.2) is 5.78 Å². The number of aldehydes is 1. The maximum Gasteiger partial charge on any atom is 0.196 e. The van der Waals surface area contributed by atoms with Crippen LogP contribution in [0.4, 0.5) is 0 Å². The number of Topliss-reactive ketones (excluding diaryl/α,β-unsaturated/α-hetero) is 1. The Hall–Kier alpha value is -1.00. The van der Waals surface area contributed by atoms with Gasteiger partial charge in [-0.25, -0.2) is 0 Å². The first-order valence-corrected chi connectivity index (χ1v) is 9.23. The zero-order valence-electron chi connectivity index (χ0n) is 15.3. The van der Waals surface area contributed by atoms with E-state index in [0.29, 0.717) is 12.3 Å². The number of ketones is 1. The third-order valence-electron chi connectivity index (χ3n) is 7.19. The molecule has 2 aliphatic carbocycles. The van der Waals surface area contributed by atoms with Crippen molar-refractivity contribution in [2.24, 2.45) is 17.3 Å². The van der Waals surface area contributed by atoms with E-state index in [2.05, 4.69) is 26.8 Å². The quantitative estimate of drug-likeness (QED) is 0.454. The van der Waals surface area contributed by atoms with Crippen molar-refractivity contribution in [3.05, 3.63) is 11.6 Å². The molecule has 1 N–H and O–H groups in total. The number of aliphatic hydroxyl groups is 1. The van der Waals surface area contributed by atoms with E-state index in [0.717, 1.165) is 38.4 Å². The molecule has 0 unspecified atom stereocenters. The largest absolute Gasteiger partial charge is 0.381 e. The van der Waals surface area contributed by atoms with Crippen molar-refractivity contribution in [3.8, 4) is 0 Å². The van der Waals surface area contributed by atoms with Gasteiger partial charge in [0, 0.05) is 0 Å². The molecule has 2 bridgehead atoms. The summed E-state index contributed by atoms with van der Waals surface area (Å²) in [4.78, 5) is 25.1. The van der Waals surface area contributed by atoms with Crippen molar-refractivity contribution in [2.75, 3.05) is 0 Å². The van der Waals surface area contributed by atoms with Crippen molar-refractivity contribution in [1.29, 1.82) is 0 Å². The fourth-order valence-corrected chi connectivity index (χ4v) is 4.88. The molecule has 1 saturated heterocycles. The van der Waals surface area contributed by atoms with Gasteiger partial charge in [-0.15, -0.1) is 0 Å². The van der Waals surface area contributed by atoms with Crippen LogP contribution >= 0.6 is 0 Å². The molecule has 4 heteroatoms. The molecule has 3 rings (SSSR count). The first-order chi connectivity index (χ1) is 11.2. The molecule has 0 amide bonds. The Morgan fingerprint density at radius 3 is 2.67 bits per heavy atom. The molecule has 1 saturated carbocycles. The van der Waals surface area contributed by atoms with Crippen molar-refractivity contribution < 1.29 is 19.4 Å². The average Bonchev–Trinajstić information content (AvgIpc) is 3.20. The standard InChI is InChI=1S/C20H30O4/c1-13-6-5-9-19(4)17(24-19)16(22)20(23)11-8-14(2)18(3,10-7-13)15(20)12-21/h6,12,14-15,17,23H,5,7-11H2,1-4H3/t14-,15+,17-,18+,19-,20+/m1/s1. The van der Waals surface area contributed by atoms with E-state index in [1.54, 1.807) is 0 Å². The minimum Gasteiger partial charge on any atom is -0.381 e. The topological polar surface area (TPSA) is 66.9 Å². The summed E-state index contributed by atoms with van der Waals surface area (Å²) in [6, 6.07) is 0. The molecular formula is C20H30O4. The SMILES string of the molecule is CC1=CCC[C@@]2(C)O[C@@H]2C(=O)[C@]2(O)CC[C@@H](C)[C@](C)(CC1)[C@@H]2C=O. The lowest BCUT2D eigenvalue weighted by molar-refractivity contribution is -0.169. The predicted octanol–water partition coefficient (Wildman–Crippen LogP) is 3.22. The molecule has 1 heterocycles. The molecule has 3 aliphatic rings. The van der Waals surface area contributed by atoms with Crippen LogP contribution in [0.15, 0.2) is 11.6 Å². The Balaban J connectivity index is 2.04. The van der Waals surface area contributed by atoms with Gasteiger partial charge in [-0.3, -0.25) is 4.79 Å². The van der Waals surface area contributed by atoms with Gasteiger partial charge in [0.1, 0.15) is 23.6 Å². The molecule has 0 spiro atoms. The van der Waals surface area contributed by atoms with Gasteiger partial charge < -0.3 is 14.6 Å². The number of fused-ring (bicyclic) bond motifs is 3. The Kier molecular flexibility index (Phi) is 4.28. The fraction of sp³-hybridized carbons (Fsp3) is 0.800. The third kappa shape index (κ3) is 2.59. The molecular weight excluding hydrogens is 304 g/mol. The summed E-state index contributed by atoms with van der Waals surface area (Å²) in [7, 11) is 0. The van der Waals surface area contributed by atoms with Gasteiger partial charge in [0.25, 0.3) is 0 Å². The van der Waals surface area contributed by atoms with Crippen LogP contribution in [0.3, 0.4) is 0 Å². The van der Waals surface area contributed by atoms with Crippen molar-refractivity contribution >= 4 is 12.1 Å². The maximum absolute atomic E-state index is 13.1. The lowest BCUT2D eigenvalue weighted by Gasteiger charge is -2.51. The Morgan fingerprint density at radius 1 is 1.29 bits per heavy atom. The Bertz CT molecular complexity index is 582. The van der Waals surface area contributed by atoms with Crippen LogP contribution in [-0.2, 0) is 14.3 Å². The second-order valence-electron chi connectivity index (χ2n) is 8.75. The summed E-state index contributed by atoms with van der Waals surface area (Å²) in [5, 5.41) is 11.3. The highest BCUT2D eigenvalue weighted by atomic mass is 16.6. The number of ether oxygens (including phenoxy) is 1. The van der Waals surface area contributed by atoms with Crippen LogP contribution in [0.1, 0.15) is 66.2 Å². The summed E-state index contributed by atoms with van der Waals surface area (Å²) in [5.74, 6) is -0.647. The number of rotatable bonds is 1. The van der Waals surface area contributed by atoms with Crippen LogP contribution in [-0.4, -0.2) is 34.5 Å². The second-order valence-corrected chi connectivity index (χ2v) is 8.75. The average molecular weight is 334 g/mol. The maximum atomic E-state index is 13.1. The highest BCUT2D eigenvalue weighted by molar-refractivity contribution is 5.96. The highest BCUT2D eigenvalue weighted by Crippen LogP contribution is 2.55. The van der Waals surface area contributed by atoms with Gasteiger partial charge >= 0.3 is 0 Å². The van der Waals surface area contributed by atoms with Crippen LogP contribution in [0, 0.1) is 17.3 Å². The smallest absolute Gasteiger partial charge is 0.196 e. The highest BCUT2D eigenvalue weighted by Gasteiger charge is 2.65. The van der Waals surface area contributed by atoms with E-state index < -0.39 is 23.2 Å². The summed E-state index contributed by atoms with van der Waals surface area (Å²) in [6.07, 6.45) is 6.98. The number of allylic oxidation sites excluding steroid dienone is 2. The van der Waals surface area contributed by atoms with Gasteiger partial charge in [0.2, 0.25) is 0 Å². The van der Waals surface area contributed by atoms with Crippen LogP contribution in [0.5, 0.6) is 0 Å². The third-order valence-corrected chi connectivity index (χ3v) is 7.19. The molecule has 24 heavy (non-hydrogen) atoms. The molecule has 6 atom stereocenters. The lowest BCUT2D eigenvalue weighted by atomic mass is 9.53. The number of hydrogen-bond donors (Lipinski definition) is 1. The lowest BCUT2D eigenvalue weighted by Crippen LogP contribution is -2.60. The Morgan fingerprint density at radius 2 is 2.00 bits per heavy atom. The number of carbonyl (C=O) groups is 2. The summed E-state index contributed by atoms with van der Waals surface area (Å²) in [5.41, 5.74) is -1.13. The monoisotopic (exact) mass is 334 g/mol. The van der Waals surface area contributed by atoms with Crippen LogP contribution in [0.25, 0.3) is 0 Å². The number of hydrogen-bond acceptors (Lipinski definition) is 4. The van der Waals surface area contributed by atoms with E-state index in [1.807, 2.05) is 6.92 Å². The van der Waals surface area contributed by atoms with Crippen LogP contribution in [0.2, 0.25) is 0 Å². The molecule has 0 aromatic heterocycles. The summed E-state index contributed by atoms with van der Waals surface area (Å²) in [6.45, 7) is 8.28. The van der Waals surface area contributed by atoms with Crippen molar-refractivity contribution in [3.63, 3.8) is 0 Å². The molecule has 0 aromatic rings. The molecule has 0 radical (unpaired) electrons. The van der Waals surface area contributed by atoms with Gasteiger partial charge in [-0.2, -0.15) is 0 Å². The molecule has 0 aromatic carbocycles. The molecule has 1 aliphatic heterocycles. The van der Waals surface area contributed by atoms with Gasteiger partial charge in [-0.1, -0.05) is 25.5 Å². The van der Waals surface area contributed by atoms with E-state index in [-0.39, 0.29) is 11.2 Å². The Labute approximate surface area is 144 Å². The molecule has 134 valence electrons. The predicted molar refractivity (Wildman–Crippen MR) is 91.5 cm³/mol. The van der Waals surface area contributed by atoms with Crippen molar-refractivity contribution in [2.45, 2.75) is 83.5 Å². The van der Waals surface area contributed by atoms with Crippen molar-refractivity contribution in [1.82, 2.24) is 0 Å². The van der Waals surface area contributed by atoms with E-state index in [9.17, 15) is 14.7 Å². The minimum absolute atomic E-state index is 0.276. The number of carbonyl (C=O) groups excluding carboxylic acids is 2. The van der Waals surface area contributed by atoms with Gasteiger partial charge in [-0.05, 0) is 63.7 Å². The molecule has 2 fully saturated rings. The van der Waals surface area contributed by atoms with E-state index >= 15 is 0 Å². The fourth-order valence-electron chi connectivity index (χ4n) is 4.88. The zero-order chi connectivity index (χ0) is 17.8. The van der Waals surface area contributed by atoms with E-state index in [4.69, 9.17) is 4.74 Å². The minimum atomic E-state index is -1.58. The summed E-state index contributed by atoms with van der Waals surface area (Å²) >= 11 is 0. The van der Waals surface area contributed by atoms with E-state index in [1.165, 1.54) is 5.57 Å². The van der Waals surface area contributed by atoms with Gasteiger partial charge in [0.05, 0.1) is 5.92 Å². The first-order valence-electron chi connectivity index (χ1n) is 9.23. The second kappa shape index (κ2) is 5.77. The molecule has 4 nitrogen and oxygen atoms in total. The zero-order valence-corrected chi connectivity index (χ0v) is 15.3. The summed E-state index contributed by atoms with van der Waals surface area (Å²) < 4.78 is 5.72. The normalized spacial score (nSPS) is 49.3. The first kappa shape index (κ1) is 17.8. The number of epoxide rings is 1. The van der Waals surface area contributed by atoms with Crippen LogP contribution < -0.4 is 0 Å².